The Morgan fingerprint density at radius 1 is 1.22 bits per heavy atom. The molecular formula is C15H19N3O4S. The molecule has 124 valence electrons. The Balaban J connectivity index is 2.08. The van der Waals surface area contributed by atoms with Crippen LogP contribution in [0.3, 0.4) is 0 Å². The average molecular weight is 337 g/mol. The van der Waals surface area contributed by atoms with Gasteiger partial charge < -0.3 is 4.42 Å². The maximum Gasteiger partial charge on any atom is 0.322 e. The highest BCUT2D eigenvalue weighted by atomic mass is 32.2. The van der Waals surface area contributed by atoms with E-state index >= 15 is 0 Å². The van der Waals surface area contributed by atoms with Gasteiger partial charge in [-0.15, -0.1) is 5.10 Å². The summed E-state index contributed by atoms with van der Waals surface area (Å²) in [5, 5.41) is 9.60. The fourth-order valence-corrected chi connectivity index (χ4v) is 2.89. The molecule has 0 aliphatic rings. The van der Waals surface area contributed by atoms with Crippen LogP contribution in [0.1, 0.15) is 38.6 Å². The summed E-state index contributed by atoms with van der Waals surface area (Å²) in [5.41, 5.74) is 0.838. The van der Waals surface area contributed by atoms with E-state index in [1.807, 2.05) is 0 Å². The van der Waals surface area contributed by atoms with Crippen LogP contribution in [-0.4, -0.2) is 29.8 Å². The SMILES string of the molecule is CCC(=O)Nc1nnc(Cc2ccc(S(=O)(=O)C(C)C)cc2)o1. The number of nitrogens with zero attached hydrogens (tertiary/aromatic N) is 2. The van der Waals surface area contributed by atoms with E-state index in [9.17, 15) is 13.2 Å². The van der Waals surface area contributed by atoms with Gasteiger partial charge in [0.2, 0.25) is 11.8 Å². The zero-order chi connectivity index (χ0) is 17.0. The van der Waals surface area contributed by atoms with Crippen molar-refractivity contribution in [2.75, 3.05) is 5.32 Å². The standard InChI is InChI=1S/C15H19N3O4S/c1-4-13(19)16-15-18-17-14(22-15)9-11-5-7-12(8-6-11)23(20,21)10(2)3/h5-8,10H,4,9H2,1-3H3,(H,16,18,19). The third-order valence-corrected chi connectivity index (χ3v) is 5.43. The van der Waals surface area contributed by atoms with Crippen LogP contribution in [0.15, 0.2) is 33.6 Å². The molecule has 0 aliphatic heterocycles. The maximum atomic E-state index is 12.1. The molecule has 1 aromatic carbocycles. The number of nitrogens with one attached hydrogen (secondary N) is 1. The monoisotopic (exact) mass is 337 g/mol. The van der Waals surface area contributed by atoms with E-state index in [1.165, 1.54) is 0 Å². The molecule has 2 aromatic rings. The van der Waals surface area contributed by atoms with Gasteiger partial charge in [0.1, 0.15) is 0 Å². The van der Waals surface area contributed by atoms with Gasteiger partial charge in [0.15, 0.2) is 9.84 Å². The molecule has 0 saturated carbocycles. The van der Waals surface area contributed by atoms with Crippen LogP contribution in [-0.2, 0) is 21.1 Å². The Morgan fingerprint density at radius 2 is 1.87 bits per heavy atom. The lowest BCUT2D eigenvalue weighted by molar-refractivity contribution is -0.116. The van der Waals surface area contributed by atoms with Crippen molar-refractivity contribution in [3.8, 4) is 0 Å². The second-order valence-electron chi connectivity index (χ2n) is 5.32. The van der Waals surface area contributed by atoms with Gasteiger partial charge in [0, 0.05) is 6.42 Å². The third-order valence-electron chi connectivity index (χ3n) is 3.26. The second kappa shape index (κ2) is 6.91. The number of aromatic nitrogens is 2. The van der Waals surface area contributed by atoms with Crippen molar-refractivity contribution in [3.05, 3.63) is 35.7 Å². The zero-order valence-electron chi connectivity index (χ0n) is 13.2. The number of carbonyl (C=O) groups excluding carboxylic acids is 1. The Bertz CT molecular complexity index is 779. The average Bonchev–Trinajstić information content (AvgIpc) is 2.94. The predicted molar refractivity (Wildman–Crippen MR) is 84.8 cm³/mol. The number of rotatable bonds is 6. The highest BCUT2D eigenvalue weighted by Gasteiger charge is 2.19. The molecule has 0 fully saturated rings. The molecule has 7 nitrogen and oxygen atoms in total. The largest absolute Gasteiger partial charge is 0.407 e. The summed E-state index contributed by atoms with van der Waals surface area (Å²) in [4.78, 5) is 11.5. The Hall–Kier alpha value is -2.22. The first-order valence-electron chi connectivity index (χ1n) is 7.28. The van der Waals surface area contributed by atoms with Gasteiger partial charge in [-0.3, -0.25) is 10.1 Å². The summed E-state index contributed by atoms with van der Waals surface area (Å²) in [6, 6.07) is 6.63. The fourth-order valence-electron chi connectivity index (χ4n) is 1.83. The topological polar surface area (TPSA) is 102 Å². The molecule has 0 atom stereocenters. The summed E-state index contributed by atoms with van der Waals surface area (Å²) in [6.07, 6.45) is 0.681. The molecular weight excluding hydrogens is 318 g/mol. The number of anilines is 1. The minimum absolute atomic E-state index is 0.0610. The van der Waals surface area contributed by atoms with Gasteiger partial charge in [0.25, 0.3) is 0 Å². The van der Waals surface area contributed by atoms with E-state index in [4.69, 9.17) is 4.42 Å². The van der Waals surface area contributed by atoms with Crippen LogP contribution < -0.4 is 5.32 Å². The molecule has 8 heteroatoms. The van der Waals surface area contributed by atoms with Gasteiger partial charge >= 0.3 is 6.01 Å². The maximum absolute atomic E-state index is 12.1. The van der Waals surface area contributed by atoms with Gasteiger partial charge in [-0.05, 0) is 31.5 Å². The van der Waals surface area contributed by atoms with Crippen molar-refractivity contribution in [1.82, 2.24) is 10.2 Å². The first-order valence-corrected chi connectivity index (χ1v) is 8.82. The van der Waals surface area contributed by atoms with Crippen molar-refractivity contribution >= 4 is 21.8 Å². The first kappa shape index (κ1) is 17.1. The van der Waals surface area contributed by atoms with Crippen LogP contribution in [0.25, 0.3) is 0 Å². The van der Waals surface area contributed by atoms with Crippen LogP contribution in [0.2, 0.25) is 0 Å². The number of amides is 1. The minimum atomic E-state index is -3.28. The quantitative estimate of drug-likeness (QED) is 0.867. The smallest absolute Gasteiger partial charge is 0.322 e. The van der Waals surface area contributed by atoms with Gasteiger partial charge in [-0.1, -0.05) is 24.2 Å². The lowest BCUT2D eigenvalue weighted by atomic mass is 10.1. The van der Waals surface area contributed by atoms with Crippen molar-refractivity contribution in [2.45, 2.75) is 43.8 Å². The fraction of sp³-hybridized carbons (Fsp3) is 0.400. The van der Waals surface area contributed by atoms with E-state index < -0.39 is 15.1 Å². The van der Waals surface area contributed by atoms with Crippen molar-refractivity contribution in [1.29, 1.82) is 0 Å². The highest BCUT2D eigenvalue weighted by Crippen LogP contribution is 2.18. The second-order valence-corrected chi connectivity index (χ2v) is 7.82. The summed E-state index contributed by atoms with van der Waals surface area (Å²) < 4.78 is 29.4. The van der Waals surface area contributed by atoms with E-state index in [1.54, 1.807) is 45.0 Å². The molecule has 1 heterocycles. The van der Waals surface area contributed by atoms with Crippen molar-refractivity contribution in [3.63, 3.8) is 0 Å². The molecule has 0 radical (unpaired) electrons. The molecule has 0 spiro atoms. The molecule has 0 saturated heterocycles. The molecule has 0 aliphatic carbocycles. The lowest BCUT2D eigenvalue weighted by Gasteiger charge is -2.08. The Kier molecular flexibility index (Phi) is 5.15. The summed E-state index contributed by atoms with van der Waals surface area (Å²) in [7, 11) is -3.28. The number of benzene rings is 1. The molecule has 2 rings (SSSR count). The molecule has 0 unspecified atom stereocenters. The molecule has 1 aromatic heterocycles. The minimum Gasteiger partial charge on any atom is -0.407 e. The number of hydrogen-bond donors (Lipinski definition) is 1. The zero-order valence-corrected chi connectivity index (χ0v) is 14.1. The van der Waals surface area contributed by atoms with Gasteiger partial charge in [0.05, 0.1) is 16.6 Å². The molecule has 23 heavy (non-hydrogen) atoms. The Labute approximate surface area is 135 Å². The van der Waals surface area contributed by atoms with E-state index in [2.05, 4.69) is 15.5 Å². The van der Waals surface area contributed by atoms with Crippen LogP contribution in [0, 0.1) is 0 Å². The predicted octanol–water partition coefficient (Wildman–Crippen LogP) is 2.19. The lowest BCUT2D eigenvalue weighted by Crippen LogP contribution is -2.13. The third kappa shape index (κ3) is 4.16. The number of sulfone groups is 1. The van der Waals surface area contributed by atoms with Crippen molar-refractivity contribution in [2.24, 2.45) is 0 Å². The van der Waals surface area contributed by atoms with Crippen molar-refractivity contribution < 1.29 is 17.6 Å². The van der Waals surface area contributed by atoms with E-state index in [0.717, 1.165) is 5.56 Å². The van der Waals surface area contributed by atoms with Crippen LogP contribution in [0.5, 0.6) is 0 Å². The van der Waals surface area contributed by atoms with Gasteiger partial charge in [-0.2, -0.15) is 0 Å². The normalized spacial score (nSPS) is 11.7. The van der Waals surface area contributed by atoms with Gasteiger partial charge in [-0.25, -0.2) is 8.42 Å². The number of hydrogen-bond acceptors (Lipinski definition) is 6. The first-order chi connectivity index (χ1) is 10.8. The summed E-state index contributed by atoms with van der Waals surface area (Å²) in [6.45, 7) is 5.01. The Morgan fingerprint density at radius 3 is 2.43 bits per heavy atom. The molecule has 0 bridgehead atoms. The number of carbonyl (C=O) groups is 1. The highest BCUT2D eigenvalue weighted by molar-refractivity contribution is 7.92. The molecule has 1 N–H and O–H groups in total. The van der Waals surface area contributed by atoms with Crippen LogP contribution >= 0.6 is 0 Å². The van der Waals surface area contributed by atoms with E-state index in [0.29, 0.717) is 18.7 Å². The summed E-state index contributed by atoms with van der Waals surface area (Å²) >= 11 is 0. The van der Waals surface area contributed by atoms with Crippen LogP contribution in [0.4, 0.5) is 6.01 Å². The van der Waals surface area contributed by atoms with E-state index in [-0.39, 0.29) is 16.8 Å². The molecule has 1 amide bonds. The summed E-state index contributed by atoms with van der Waals surface area (Å²) in [5.74, 6) is 0.138.